The summed E-state index contributed by atoms with van der Waals surface area (Å²) >= 11 is 0. The van der Waals surface area contributed by atoms with Crippen LogP contribution in [-0.4, -0.2) is 53.6 Å². The first-order valence-corrected chi connectivity index (χ1v) is 13.0. The fourth-order valence-electron chi connectivity index (χ4n) is 4.61. The Kier molecular flexibility index (Phi) is 5.10. The second-order valence-corrected chi connectivity index (χ2v) is 11.3. The molecule has 0 spiro atoms. The van der Waals surface area contributed by atoms with E-state index in [1.165, 1.54) is 23.3 Å². The number of anilines is 2. The van der Waals surface area contributed by atoms with Gasteiger partial charge in [-0.3, -0.25) is 4.36 Å². The summed E-state index contributed by atoms with van der Waals surface area (Å²) in [7, 11) is -0.0916. The van der Waals surface area contributed by atoms with Crippen LogP contribution in [0.3, 0.4) is 0 Å². The molecule has 8 heteroatoms. The van der Waals surface area contributed by atoms with Crippen LogP contribution in [-0.2, 0) is 17.2 Å². The quantitative estimate of drug-likeness (QED) is 0.637. The molecule has 2 N–H and O–H groups in total. The Morgan fingerprint density at radius 1 is 1.15 bits per heavy atom. The van der Waals surface area contributed by atoms with Crippen LogP contribution in [0.5, 0.6) is 0 Å². The normalized spacial score (nSPS) is 22.2. The molecule has 33 heavy (non-hydrogen) atoms. The first-order chi connectivity index (χ1) is 16.0. The van der Waals surface area contributed by atoms with Crippen molar-refractivity contribution in [2.75, 3.05) is 41.7 Å². The van der Waals surface area contributed by atoms with Crippen LogP contribution in [0.15, 0.2) is 51.7 Å². The number of hydrogen-bond acceptors (Lipinski definition) is 6. The largest absolute Gasteiger partial charge is 0.349 e. The third kappa shape index (κ3) is 3.99. The van der Waals surface area contributed by atoms with Gasteiger partial charge in [-0.15, -0.1) is 0 Å². The summed E-state index contributed by atoms with van der Waals surface area (Å²) in [6, 6.07) is 15.4. The Bertz CT molecular complexity index is 1250. The van der Waals surface area contributed by atoms with Gasteiger partial charge in [0.2, 0.25) is 5.95 Å². The molecule has 6 rings (SSSR count). The number of hydrogen-bond donors (Lipinski definition) is 1. The van der Waals surface area contributed by atoms with Crippen LogP contribution in [0.2, 0.25) is 0 Å². The molecule has 3 aliphatic rings. The molecular formula is C25H29FN6S. The fourth-order valence-corrected chi connectivity index (χ4v) is 6.68. The van der Waals surface area contributed by atoms with Crippen molar-refractivity contribution in [3.63, 3.8) is 0 Å². The van der Waals surface area contributed by atoms with Crippen molar-refractivity contribution >= 4 is 33.4 Å². The number of aromatic nitrogens is 2. The molecule has 172 valence electrons. The number of aryl methyl sites for hydroxylation is 1. The fraction of sp³-hybridized carbons (Fsp3) is 0.440. The number of rotatable bonds is 4. The maximum atomic E-state index is 14.6. The summed E-state index contributed by atoms with van der Waals surface area (Å²) in [5.41, 5.74) is 7.65. The Morgan fingerprint density at radius 2 is 1.97 bits per heavy atom. The van der Waals surface area contributed by atoms with Crippen LogP contribution in [0.1, 0.15) is 24.0 Å². The summed E-state index contributed by atoms with van der Waals surface area (Å²) < 4.78 is 19.8. The second kappa shape index (κ2) is 8.02. The summed E-state index contributed by atoms with van der Waals surface area (Å²) in [5.74, 6) is 2.49. The van der Waals surface area contributed by atoms with E-state index in [4.69, 9.17) is 20.1 Å². The maximum absolute atomic E-state index is 14.6. The number of nitrogens with zero attached hydrogens (tertiary/aromatic N) is 5. The van der Waals surface area contributed by atoms with Crippen molar-refractivity contribution < 1.29 is 4.39 Å². The van der Waals surface area contributed by atoms with Crippen LogP contribution in [0.25, 0.3) is 10.9 Å². The van der Waals surface area contributed by atoms with Gasteiger partial charge in [-0.2, -0.15) is 4.98 Å². The smallest absolute Gasteiger partial charge is 0.228 e. The lowest BCUT2D eigenvalue weighted by Crippen LogP contribution is -2.63. The number of fused-ring (bicyclic) bond motifs is 2. The summed E-state index contributed by atoms with van der Waals surface area (Å²) in [5, 5.41) is 0.969. The third-order valence-electron chi connectivity index (χ3n) is 6.68. The average molecular weight is 465 g/mol. The molecule has 2 aromatic carbocycles. The van der Waals surface area contributed by atoms with E-state index in [0.717, 1.165) is 41.1 Å². The van der Waals surface area contributed by atoms with Crippen molar-refractivity contribution in [2.24, 2.45) is 10.1 Å². The third-order valence-corrected chi connectivity index (χ3v) is 8.71. The first-order valence-electron chi connectivity index (χ1n) is 11.7. The molecule has 3 heterocycles. The summed E-state index contributed by atoms with van der Waals surface area (Å²) in [6.45, 7) is 4.25. The Labute approximate surface area is 196 Å². The molecule has 6 nitrogen and oxygen atoms in total. The zero-order valence-electron chi connectivity index (χ0n) is 18.9. The molecule has 1 unspecified atom stereocenters. The highest BCUT2D eigenvalue weighted by Gasteiger charge is 2.43. The zero-order valence-corrected chi connectivity index (χ0v) is 19.7. The van der Waals surface area contributed by atoms with E-state index in [1.54, 1.807) is 0 Å². The highest BCUT2D eigenvalue weighted by molar-refractivity contribution is 7.87. The van der Waals surface area contributed by atoms with Gasteiger partial charge in [-0.1, -0.05) is 40.5 Å². The van der Waals surface area contributed by atoms with Gasteiger partial charge in [0.1, 0.15) is 5.82 Å². The molecular weight excluding hydrogens is 435 g/mol. The standard InChI is InChI=1S/C25H29FN6S/c1-17-6-9-21-20(12-17)23(32-15-25(26,14-27)16-32)29-24(28-21)31-10-11-33(30-19-7-8-19)22-5-3-2-4-18(22)13-31/h2-6,9,12,19H,7-8,10-11,13-16,27H2,1H3. The number of benzene rings is 2. The van der Waals surface area contributed by atoms with E-state index < -0.39 is 5.67 Å². The second-order valence-electron chi connectivity index (χ2n) is 9.51. The average Bonchev–Trinajstić information content (AvgIpc) is 3.64. The van der Waals surface area contributed by atoms with Crippen LogP contribution >= 0.6 is 0 Å². The highest BCUT2D eigenvalue weighted by atomic mass is 32.2. The summed E-state index contributed by atoms with van der Waals surface area (Å²) in [6.07, 6.45) is 2.45. The Morgan fingerprint density at radius 3 is 2.76 bits per heavy atom. The highest BCUT2D eigenvalue weighted by Crippen LogP contribution is 2.36. The maximum Gasteiger partial charge on any atom is 0.228 e. The monoisotopic (exact) mass is 464 g/mol. The van der Waals surface area contributed by atoms with Crippen molar-refractivity contribution in [1.29, 1.82) is 0 Å². The summed E-state index contributed by atoms with van der Waals surface area (Å²) in [4.78, 5) is 15.6. The number of halogens is 1. The molecule has 2 fully saturated rings. The topological polar surface area (TPSA) is 70.6 Å². The van der Waals surface area contributed by atoms with Gasteiger partial charge in [0.15, 0.2) is 5.67 Å². The minimum absolute atomic E-state index is 0.0358. The lowest BCUT2D eigenvalue weighted by molar-refractivity contribution is 0.130. The van der Waals surface area contributed by atoms with Gasteiger partial charge >= 0.3 is 0 Å². The van der Waals surface area contributed by atoms with E-state index in [0.29, 0.717) is 12.0 Å². The van der Waals surface area contributed by atoms with Crippen LogP contribution in [0.4, 0.5) is 16.2 Å². The van der Waals surface area contributed by atoms with Crippen molar-refractivity contribution in [2.45, 2.75) is 42.9 Å². The predicted octanol–water partition coefficient (Wildman–Crippen LogP) is 3.77. The molecule has 3 aromatic rings. The van der Waals surface area contributed by atoms with Gasteiger partial charge in [0, 0.05) is 35.7 Å². The molecule has 1 atom stereocenters. The minimum atomic E-state index is -1.33. The van der Waals surface area contributed by atoms with Gasteiger partial charge in [0.05, 0.1) is 24.6 Å². The van der Waals surface area contributed by atoms with E-state index >= 15 is 0 Å². The van der Waals surface area contributed by atoms with Gasteiger partial charge in [-0.05, 0) is 43.5 Å². The Balaban J connectivity index is 1.40. The number of nitrogens with two attached hydrogens (primary N) is 1. The van der Waals surface area contributed by atoms with Gasteiger partial charge in [0.25, 0.3) is 0 Å². The van der Waals surface area contributed by atoms with Crippen molar-refractivity contribution in [3.8, 4) is 0 Å². The van der Waals surface area contributed by atoms with E-state index in [1.807, 2.05) is 11.0 Å². The van der Waals surface area contributed by atoms with E-state index in [9.17, 15) is 4.39 Å². The molecule has 2 aliphatic heterocycles. The van der Waals surface area contributed by atoms with Crippen LogP contribution in [0, 0.1) is 6.92 Å². The van der Waals surface area contributed by atoms with Gasteiger partial charge in [-0.25, -0.2) is 9.37 Å². The van der Waals surface area contributed by atoms with Gasteiger partial charge < -0.3 is 15.5 Å². The molecule has 0 amide bonds. The molecule has 1 saturated carbocycles. The van der Waals surface area contributed by atoms with Crippen molar-refractivity contribution in [3.05, 3.63) is 53.6 Å². The van der Waals surface area contributed by atoms with E-state index in [2.05, 4.69) is 48.2 Å². The SMILES string of the molecule is Cc1ccc2nc(N3CCS(=NC4CC4)c4ccccc4C3)nc(N3CC(F)(CN)C3)c2c1. The molecule has 1 saturated heterocycles. The number of alkyl halides is 1. The molecule has 1 aromatic heterocycles. The van der Waals surface area contributed by atoms with E-state index in [-0.39, 0.29) is 30.3 Å². The van der Waals surface area contributed by atoms with Crippen LogP contribution < -0.4 is 15.5 Å². The Hall–Kier alpha value is -2.58. The molecule has 0 radical (unpaired) electrons. The molecule has 0 bridgehead atoms. The zero-order chi connectivity index (χ0) is 22.6. The first kappa shape index (κ1) is 21.0. The lowest BCUT2D eigenvalue weighted by Gasteiger charge is -2.45. The minimum Gasteiger partial charge on any atom is -0.349 e. The predicted molar refractivity (Wildman–Crippen MR) is 133 cm³/mol. The van der Waals surface area contributed by atoms with Crippen molar-refractivity contribution in [1.82, 2.24) is 9.97 Å². The molecule has 1 aliphatic carbocycles. The lowest BCUT2D eigenvalue weighted by atomic mass is 9.96.